The van der Waals surface area contributed by atoms with Gasteiger partial charge in [-0.15, -0.1) is 0 Å². The fourth-order valence-corrected chi connectivity index (χ4v) is 3.01. The average molecular weight is 290 g/mol. The Morgan fingerprint density at radius 2 is 1.86 bits per heavy atom. The van der Waals surface area contributed by atoms with Crippen molar-refractivity contribution in [1.29, 1.82) is 0 Å². The summed E-state index contributed by atoms with van der Waals surface area (Å²) in [5.41, 5.74) is 2.69. The van der Waals surface area contributed by atoms with Crippen molar-refractivity contribution in [2.24, 2.45) is 0 Å². The van der Waals surface area contributed by atoms with E-state index in [-0.39, 0.29) is 0 Å². The van der Waals surface area contributed by atoms with Gasteiger partial charge in [0.2, 0.25) is 0 Å². The number of hydrogen-bond donors (Lipinski definition) is 1. The molecule has 1 aliphatic heterocycles. The van der Waals surface area contributed by atoms with Crippen LogP contribution in [-0.2, 0) is 17.9 Å². The maximum Gasteiger partial charge on any atom is 0.0719 e. The number of hydrogen-bond acceptors (Lipinski definition) is 3. The van der Waals surface area contributed by atoms with Crippen LogP contribution in [0.4, 0.5) is 0 Å². The third-order valence-corrected chi connectivity index (χ3v) is 4.29. The highest BCUT2D eigenvalue weighted by Crippen LogP contribution is 2.14. The standard InChI is InChI=1S/C18H30N2O/c1-3-11-20-12-9-18(10-13-20)19-14-16-7-5-6-8-17(16)15-21-4-2/h5-8,18-19H,3-4,9-15H2,1-2H3. The van der Waals surface area contributed by atoms with E-state index in [0.717, 1.165) is 19.8 Å². The molecule has 3 nitrogen and oxygen atoms in total. The topological polar surface area (TPSA) is 24.5 Å². The highest BCUT2D eigenvalue weighted by Gasteiger charge is 2.18. The van der Waals surface area contributed by atoms with E-state index < -0.39 is 0 Å². The summed E-state index contributed by atoms with van der Waals surface area (Å²) >= 11 is 0. The van der Waals surface area contributed by atoms with Gasteiger partial charge in [0, 0.05) is 19.2 Å². The van der Waals surface area contributed by atoms with Gasteiger partial charge in [0.05, 0.1) is 6.61 Å². The second-order valence-electron chi connectivity index (χ2n) is 5.90. The number of ether oxygens (including phenoxy) is 1. The maximum absolute atomic E-state index is 5.56. The van der Waals surface area contributed by atoms with Crippen molar-refractivity contribution in [3.8, 4) is 0 Å². The summed E-state index contributed by atoms with van der Waals surface area (Å²) in [7, 11) is 0. The first kappa shape index (κ1) is 16.5. The Bertz CT molecular complexity index is 400. The molecule has 0 aliphatic carbocycles. The first-order valence-corrected chi connectivity index (χ1v) is 8.43. The van der Waals surface area contributed by atoms with Crippen molar-refractivity contribution < 1.29 is 4.74 Å². The molecule has 0 radical (unpaired) electrons. The van der Waals surface area contributed by atoms with E-state index in [1.807, 2.05) is 6.92 Å². The summed E-state index contributed by atoms with van der Waals surface area (Å²) in [6.07, 6.45) is 3.81. The molecule has 0 atom stereocenters. The molecular formula is C18H30N2O. The second-order valence-corrected chi connectivity index (χ2v) is 5.90. The molecule has 0 saturated carbocycles. The Morgan fingerprint density at radius 1 is 1.14 bits per heavy atom. The largest absolute Gasteiger partial charge is 0.377 e. The van der Waals surface area contributed by atoms with Gasteiger partial charge < -0.3 is 15.0 Å². The van der Waals surface area contributed by atoms with Crippen LogP contribution in [0.15, 0.2) is 24.3 Å². The zero-order valence-electron chi connectivity index (χ0n) is 13.6. The third kappa shape index (κ3) is 5.42. The van der Waals surface area contributed by atoms with E-state index >= 15 is 0 Å². The number of piperidine rings is 1. The van der Waals surface area contributed by atoms with Gasteiger partial charge in [0.15, 0.2) is 0 Å². The molecule has 118 valence electrons. The summed E-state index contributed by atoms with van der Waals surface area (Å²) < 4.78 is 5.56. The third-order valence-electron chi connectivity index (χ3n) is 4.29. The van der Waals surface area contributed by atoms with E-state index in [1.165, 1.54) is 50.0 Å². The van der Waals surface area contributed by atoms with Gasteiger partial charge in [-0.25, -0.2) is 0 Å². The number of likely N-dealkylation sites (tertiary alicyclic amines) is 1. The Balaban J connectivity index is 1.78. The fraction of sp³-hybridized carbons (Fsp3) is 0.667. The molecule has 0 bridgehead atoms. The molecule has 1 heterocycles. The minimum atomic E-state index is 0.665. The number of nitrogens with one attached hydrogen (secondary N) is 1. The minimum absolute atomic E-state index is 0.665. The molecule has 1 fully saturated rings. The van der Waals surface area contributed by atoms with Gasteiger partial charge in [-0.05, 0) is 56.9 Å². The lowest BCUT2D eigenvalue weighted by molar-refractivity contribution is 0.133. The summed E-state index contributed by atoms with van der Waals surface area (Å²) in [5, 5.41) is 3.74. The first-order valence-electron chi connectivity index (χ1n) is 8.43. The van der Waals surface area contributed by atoms with Crippen LogP contribution in [0.5, 0.6) is 0 Å². The van der Waals surface area contributed by atoms with Gasteiger partial charge in [-0.2, -0.15) is 0 Å². The van der Waals surface area contributed by atoms with Crippen LogP contribution < -0.4 is 5.32 Å². The van der Waals surface area contributed by atoms with Crippen LogP contribution in [0, 0.1) is 0 Å². The number of benzene rings is 1. The van der Waals surface area contributed by atoms with Gasteiger partial charge >= 0.3 is 0 Å². The summed E-state index contributed by atoms with van der Waals surface area (Å²) in [4.78, 5) is 2.58. The zero-order valence-corrected chi connectivity index (χ0v) is 13.6. The molecule has 1 aromatic rings. The van der Waals surface area contributed by atoms with E-state index in [2.05, 4.69) is 41.4 Å². The number of nitrogens with zero attached hydrogens (tertiary/aromatic N) is 1. The van der Waals surface area contributed by atoms with Gasteiger partial charge in [-0.1, -0.05) is 31.2 Å². The van der Waals surface area contributed by atoms with Gasteiger partial charge in [0.25, 0.3) is 0 Å². The lowest BCUT2D eigenvalue weighted by Gasteiger charge is -2.32. The van der Waals surface area contributed by atoms with Crippen molar-refractivity contribution in [3.05, 3.63) is 35.4 Å². The normalized spacial score (nSPS) is 17.2. The molecule has 0 unspecified atom stereocenters. The van der Waals surface area contributed by atoms with Crippen molar-refractivity contribution in [2.45, 2.75) is 52.3 Å². The summed E-state index contributed by atoms with van der Waals surface area (Å²) in [6.45, 7) is 10.5. The minimum Gasteiger partial charge on any atom is -0.377 e. The number of rotatable bonds is 8. The van der Waals surface area contributed by atoms with Crippen molar-refractivity contribution in [3.63, 3.8) is 0 Å². The zero-order chi connectivity index (χ0) is 14.9. The predicted octanol–water partition coefficient (Wildman–Crippen LogP) is 3.19. The molecule has 1 N–H and O–H groups in total. The van der Waals surface area contributed by atoms with Crippen LogP contribution in [0.2, 0.25) is 0 Å². The molecule has 1 aromatic carbocycles. The van der Waals surface area contributed by atoms with E-state index in [9.17, 15) is 0 Å². The molecular weight excluding hydrogens is 260 g/mol. The van der Waals surface area contributed by atoms with Crippen LogP contribution in [0.25, 0.3) is 0 Å². The lowest BCUT2D eigenvalue weighted by Crippen LogP contribution is -2.42. The molecule has 21 heavy (non-hydrogen) atoms. The molecule has 3 heteroatoms. The van der Waals surface area contributed by atoms with E-state index in [1.54, 1.807) is 0 Å². The smallest absolute Gasteiger partial charge is 0.0719 e. The van der Waals surface area contributed by atoms with Crippen LogP contribution in [0.3, 0.4) is 0 Å². The lowest BCUT2D eigenvalue weighted by atomic mass is 10.0. The molecule has 1 aliphatic rings. The molecule has 2 rings (SSSR count). The van der Waals surface area contributed by atoms with E-state index in [4.69, 9.17) is 4.74 Å². The Kier molecular flexibility index (Phi) is 7.20. The SMILES string of the molecule is CCCN1CCC(NCc2ccccc2COCC)CC1. The predicted molar refractivity (Wildman–Crippen MR) is 88.4 cm³/mol. The van der Waals surface area contributed by atoms with E-state index in [0.29, 0.717) is 6.04 Å². The molecule has 1 saturated heterocycles. The summed E-state index contributed by atoms with van der Waals surface area (Å²) in [6, 6.07) is 9.28. The Hall–Kier alpha value is -0.900. The highest BCUT2D eigenvalue weighted by molar-refractivity contribution is 5.26. The quantitative estimate of drug-likeness (QED) is 0.796. The van der Waals surface area contributed by atoms with Crippen molar-refractivity contribution in [1.82, 2.24) is 10.2 Å². The van der Waals surface area contributed by atoms with Gasteiger partial charge in [0.1, 0.15) is 0 Å². The van der Waals surface area contributed by atoms with Crippen molar-refractivity contribution >= 4 is 0 Å². The average Bonchev–Trinajstić information content (AvgIpc) is 2.53. The van der Waals surface area contributed by atoms with Crippen LogP contribution >= 0.6 is 0 Å². The molecule has 0 aromatic heterocycles. The Morgan fingerprint density at radius 3 is 2.52 bits per heavy atom. The second kappa shape index (κ2) is 9.19. The Labute approximate surface area is 129 Å². The first-order chi connectivity index (χ1) is 10.3. The molecule has 0 amide bonds. The fourth-order valence-electron chi connectivity index (χ4n) is 3.01. The highest BCUT2D eigenvalue weighted by atomic mass is 16.5. The van der Waals surface area contributed by atoms with Crippen LogP contribution in [0.1, 0.15) is 44.2 Å². The molecule has 0 spiro atoms. The van der Waals surface area contributed by atoms with Crippen LogP contribution in [-0.4, -0.2) is 37.2 Å². The van der Waals surface area contributed by atoms with Gasteiger partial charge in [-0.3, -0.25) is 0 Å². The maximum atomic E-state index is 5.56. The summed E-state index contributed by atoms with van der Waals surface area (Å²) in [5.74, 6) is 0. The monoisotopic (exact) mass is 290 g/mol. The van der Waals surface area contributed by atoms with Crippen molar-refractivity contribution in [2.75, 3.05) is 26.2 Å².